The van der Waals surface area contributed by atoms with Gasteiger partial charge in [-0.15, -0.1) is 0 Å². The summed E-state index contributed by atoms with van der Waals surface area (Å²) in [4.78, 5) is 2.30. The Labute approximate surface area is 122 Å². The first-order chi connectivity index (χ1) is 9.81. The second-order valence-electron chi connectivity index (χ2n) is 4.59. The zero-order chi connectivity index (χ0) is 14.6. The molecule has 0 amide bonds. The minimum Gasteiger partial charge on any atom is -0.380 e. The van der Waals surface area contributed by atoms with E-state index in [2.05, 4.69) is 29.2 Å². The first-order valence-corrected chi connectivity index (χ1v) is 7.51. The molecule has 0 radical (unpaired) electrons. The number of hydrogen-bond donors (Lipinski definition) is 1. The molecule has 0 heterocycles. The molecular formula is C16H28N2O2. The fraction of sp³-hybridized carbons (Fsp3) is 0.625. The van der Waals surface area contributed by atoms with Gasteiger partial charge < -0.3 is 20.1 Å². The molecule has 0 saturated carbocycles. The minimum absolute atomic E-state index is 0.692. The summed E-state index contributed by atoms with van der Waals surface area (Å²) in [5, 5.41) is 0. The largest absolute Gasteiger partial charge is 0.380 e. The number of nitrogens with zero attached hydrogens (tertiary/aromatic N) is 1. The molecule has 0 bridgehead atoms. The van der Waals surface area contributed by atoms with Gasteiger partial charge in [0.1, 0.15) is 0 Å². The summed E-state index contributed by atoms with van der Waals surface area (Å²) in [6, 6.07) is 8.61. The third-order valence-electron chi connectivity index (χ3n) is 3.15. The Morgan fingerprint density at radius 2 is 1.50 bits per heavy atom. The van der Waals surface area contributed by atoms with Crippen LogP contribution in [0.15, 0.2) is 24.3 Å². The normalized spacial score (nSPS) is 10.8. The molecule has 114 valence electrons. The predicted molar refractivity (Wildman–Crippen MR) is 84.4 cm³/mol. The highest BCUT2D eigenvalue weighted by Gasteiger charge is 2.06. The van der Waals surface area contributed by atoms with Crippen LogP contribution in [0.25, 0.3) is 0 Å². The molecule has 20 heavy (non-hydrogen) atoms. The van der Waals surface area contributed by atoms with E-state index in [0.29, 0.717) is 6.54 Å². The van der Waals surface area contributed by atoms with E-state index in [0.717, 1.165) is 45.9 Å². The zero-order valence-corrected chi connectivity index (χ0v) is 12.8. The highest BCUT2D eigenvalue weighted by Crippen LogP contribution is 2.15. The summed E-state index contributed by atoms with van der Waals surface area (Å²) in [6.07, 6.45) is 0.929. The fourth-order valence-corrected chi connectivity index (χ4v) is 2.05. The van der Waals surface area contributed by atoms with E-state index in [4.69, 9.17) is 15.2 Å². The Kier molecular flexibility index (Phi) is 9.04. The lowest BCUT2D eigenvalue weighted by atomic mass is 10.1. The number of rotatable bonds is 11. The van der Waals surface area contributed by atoms with E-state index >= 15 is 0 Å². The second-order valence-corrected chi connectivity index (χ2v) is 4.59. The lowest BCUT2D eigenvalue weighted by Crippen LogP contribution is -2.31. The van der Waals surface area contributed by atoms with Crippen LogP contribution in [0.4, 0.5) is 5.69 Å². The van der Waals surface area contributed by atoms with Crippen molar-refractivity contribution in [2.75, 3.05) is 51.0 Å². The maximum atomic E-state index is 5.58. The quantitative estimate of drug-likeness (QED) is 0.630. The molecule has 0 aliphatic heterocycles. The van der Waals surface area contributed by atoms with Gasteiger partial charge in [0.2, 0.25) is 0 Å². The van der Waals surface area contributed by atoms with Crippen LogP contribution in [-0.4, -0.2) is 46.1 Å². The van der Waals surface area contributed by atoms with E-state index in [1.54, 1.807) is 0 Å². The van der Waals surface area contributed by atoms with Crippen molar-refractivity contribution >= 4 is 5.69 Å². The van der Waals surface area contributed by atoms with Gasteiger partial charge in [0, 0.05) is 32.0 Å². The number of ether oxygens (including phenoxy) is 2. The molecule has 0 aliphatic rings. The smallest absolute Gasteiger partial charge is 0.0641 e. The first-order valence-electron chi connectivity index (χ1n) is 7.51. The summed E-state index contributed by atoms with van der Waals surface area (Å²) in [6.45, 7) is 9.51. The van der Waals surface area contributed by atoms with Crippen LogP contribution in [0.3, 0.4) is 0 Å². The molecule has 0 aliphatic carbocycles. The van der Waals surface area contributed by atoms with E-state index in [9.17, 15) is 0 Å². The van der Waals surface area contributed by atoms with Gasteiger partial charge in [0.05, 0.1) is 13.2 Å². The molecule has 1 aromatic carbocycles. The third kappa shape index (κ3) is 6.37. The Balaban J connectivity index is 2.59. The molecule has 0 atom stereocenters. The van der Waals surface area contributed by atoms with Gasteiger partial charge >= 0.3 is 0 Å². The molecular weight excluding hydrogens is 252 g/mol. The van der Waals surface area contributed by atoms with E-state index in [1.165, 1.54) is 11.3 Å². The van der Waals surface area contributed by atoms with Crippen molar-refractivity contribution in [1.29, 1.82) is 0 Å². The average molecular weight is 280 g/mol. The summed E-state index contributed by atoms with van der Waals surface area (Å²) in [5.41, 5.74) is 8.07. The summed E-state index contributed by atoms with van der Waals surface area (Å²) in [5.74, 6) is 0. The minimum atomic E-state index is 0.692. The SMILES string of the molecule is CCOCCN(CCOCC)c1ccc(CCN)cc1. The Hall–Kier alpha value is -1.10. The fourth-order valence-electron chi connectivity index (χ4n) is 2.05. The Morgan fingerprint density at radius 3 is 1.95 bits per heavy atom. The van der Waals surface area contributed by atoms with Crippen LogP contribution in [0, 0.1) is 0 Å². The van der Waals surface area contributed by atoms with Gasteiger partial charge in [0.25, 0.3) is 0 Å². The second kappa shape index (κ2) is 10.7. The van der Waals surface area contributed by atoms with Crippen molar-refractivity contribution in [3.63, 3.8) is 0 Å². The van der Waals surface area contributed by atoms with Crippen molar-refractivity contribution in [2.24, 2.45) is 5.73 Å². The van der Waals surface area contributed by atoms with Crippen LogP contribution in [-0.2, 0) is 15.9 Å². The summed E-state index contributed by atoms with van der Waals surface area (Å²) < 4.78 is 10.9. The van der Waals surface area contributed by atoms with Crippen LogP contribution in [0.5, 0.6) is 0 Å². The first kappa shape index (κ1) is 17.0. The maximum Gasteiger partial charge on any atom is 0.0641 e. The number of anilines is 1. The number of hydrogen-bond acceptors (Lipinski definition) is 4. The molecule has 2 N–H and O–H groups in total. The van der Waals surface area contributed by atoms with Gasteiger partial charge in [-0.05, 0) is 44.5 Å². The molecule has 0 aromatic heterocycles. The van der Waals surface area contributed by atoms with E-state index < -0.39 is 0 Å². The number of nitrogens with two attached hydrogens (primary N) is 1. The van der Waals surface area contributed by atoms with Crippen LogP contribution in [0.1, 0.15) is 19.4 Å². The maximum absolute atomic E-state index is 5.58. The Bertz CT molecular complexity index is 331. The molecule has 1 rings (SSSR count). The molecule has 0 fully saturated rings. The molecule has 1 aromatic rings. The highest BCUT2D eigenvalue weighted by atomic mass is 16.5. The zero-order valence-electron chi connectivity index (χ0n) is 12.8. The van der Waals surface area contributed by atoms with Crippen LogP contribution < -0.4 is 10.6 Å². The monoisotopic (exact) mass is 280 g/mol. The third-order valence-corrected chi connectivity index (χ3v) is 3.15. The predicted octanol–water partition coefficient (Wildman–Crippen LogP) is 2.07. The topological polar surface area (TPSA) is 47.7 Å². The standard InChI is InChI=1S/C16H28N2O2/c1-3-19-13-11-18(12-14-20-4-2)16-7-5-15(6-8-16)9-10-17/h5-8H,3-4,9-14,17H2,1-2H3. The van der Waals surface area contributed by atoms with Crippen molar-refractivity contribution in [3.05, 3.63) is 29.8 Å². The van der Waals surface area contributed by atoms with Crippen LogP contribution >= 0.6 is 0 Å². The average Bonchev–Trinajstić information content (AvgIpc) is 2.47. The molecule has 0 unspecified atom stereocenters. The summed E-state index contributed by atoms with van der Waals surface area (Å²) in [7, 11) is 0. The van der Waals surface area contributed by atoms with Gasteiger partial charge in [-0.25, -0.2) is 0 Å². The van der Waals surface area contributed by atoms with Gasteiger partial charge in [0.15, 0.2) is 0 Å². The van der Waals surface area contributed by atoms with Gasteiger partial charge in [-0.3, -0.25) is 0 Å². The molecule has 0 saturated heterocycles. The lowest BCUT2D eigenvalue weighted by molar-refractivity contribution is 0.141. The highest BCUT2D eigenvalue weighted by molar-refractivity contribution is 5.47. The van der Waals surface area contributed by atoms with Crippen LogP contribution in [0.2, 0.25) is 0 Å². The molecule has 4 heteroatoms. The van der Waals surface area contributed by atoms with Gasteiger partial charge in [-0.1, -0.05) is 12.1 Å². The van der Waals surface area contributed by atoms with Crippen molar-refractivity contribution in [2.45, 2.75) is 20.3 Å². The van der Waals surface area contributed by atoms with Crippen molar-refractivity contribution in [3.8, 4) is 0 Å². The summed E-state index contributed by atoms with van der Waals surface area (Å²) >= 11 is 0. The van der Waals surface area contributed by atoms with E-state index in [1.807, 2.05) is 13.8 Å². The van der Waals surface area contributed by atoms with Crippen molar-refractivity contribution < 1.29 is 9.47 Å². The van der Waals surface area contributed by atoms with Gasteiger partial charge in [-0.2, -0.15) is 0 Å². The molecule has 0 spiro atoms. The lowest BCUT2D eigenvalue weighted by Gasteiger charge is -2.25. The Morgan fingerprint density at radius 1 is 0.950 bits per heavy atom. The number of benzene rings is 1. The van der Waals surface area contributed by atoms with Crippen molar-refractivity contribution in [1.82, 2.24) is 0 Å². The van der Waals surface area contributed by atoms with E-state index in [-0.39, 0.29) is 0 Å². The molecule has 4 nitrogen and oxygen atoms in total.